The van der Waals surface area contributed by atoms with Crippen LogP contribution in [-0.2, 0) is 28.0 Å². The maximum absolute atomic E-state index is 11.3. The molecule has 1 aromatic rings. The van der Waals surface area contributed by atoms with Crippen molar-refractivity contribution in [3.8, 4) is 0 Å². The molecular formula is C15H21NO3S. The van der Waals surface area contributed by atoms with E-state index in [0.717, 1.165) is 37.9 Å². The van der Waals surface area contributed by atoms with E-state index in [9.17, 15) is 9.00 Å². The number of piperidine rings is 1. The molecule has 1 aliphatic rings. The molecule has 0 bridgehead atoms. The van der Waals surface area contributed by atoms with Gasteiger partial charge in [0.1, 0.15) is 0 Å². The van der Waals surface area contributed by atoms with E-state index in [1.54, 1.807) is 6.92 Å². The van der Waals surface area contributed by atoms with E-state index >= 15 is 0 Å². The summed E-state index contributed by atoms with van der Waals surface area (Å²) in [7, 11) is 0. The summed E-state index contributed by atoms with van der Waals surface area (Å²) in [6.07, 6.45) is 3.14. The van der Waals surface area contributed by atoms with Crippen LogP contribution in [0.4, 0.5) is 0 Å². The molecule has 1 N–H and O–H groups in total. The lowest BCUT2D eigenvalue weighted by atomic mass is 9.90. The summed E-state index contributed by atoms with van der Waals surface area (Å²) in [4.78, 5) is 13.2. The predicted molar refractivity (Wildman–Crippen MR) is 79.6 cm³/mol. The lowest BCUT2D eigenvalue weighted by Gasteiger charge is -2.31. The van der Waals surface area contributed by atoms with Gasteiger partial charge in [-0.25, -0.2) is 4.21 Å². The summed E-state index contributed by atoms with van der Waals surface area (Å²) in [6.45, 7) is 3.35. The van der Waals surface area contributed by atoms with Crippen molar-refractivity contribution in [3.63, 3.8) is 0 Å². The standard InChI is InChI=1S/C15H21NO3S/c1-12(17)16-8-6-14(7-9-16)10-13-2-4-15(5-3-13)11-20(18)19/h2-5,14H,6-11H2,1H3,(H,18,19). The molecule has 110 valence electrons. The van der Waals surface area contributed by atoms with Gasteiger partial charge in [-0.3, -0.25) is 4.79 Å². The predicted octanol–water partition coefficient (Wildman–Crippen LogP) is 2.21. The first kappa shape index (κ1) is 15.2. The summed E-state index contributed by atoms with van der Waals surface area (Å²) in [5.41, 5.74) is 2.15. The molecule has 1 amide bonds. The highest BCUT2D eigenvalue weighted by atomic mass is 32.2. The molecule has 1 heterocycles. The van der Waals surface area contributed by atoms with Crippen LogP contribution in [0.3, 0.4) is 0 Å². The van der Waals surface area contributed by atoms with Gasteiger partial charge < -0.3 is 9.45 Å². The largest absolute Gasteiger partial charge is 0.343 e. The zero-order valence-corrected chi connectivity index (χ0v) is 12.6. The van der Waals surface area contributed by atoms with Crippen molar-refractivity contribution in [2.24, 2.45) is 5.92 Å². The molecule has 0 radical (unpaired) electrons. The van der Waals surface area contributed by atoms with Crippen molar-refractivity contribution in [1.29, 1.82) is 0 Å². The number of amides is 1. The maximum atomic E-state index is 11.3. The molecule has 4 nitrogen and oxygen atoms in total. The Morgan fingerprint density at radius 2 is 1.80 bits per heavy atom. The molecule has 2 rings (SSSR count). The number of likely N-dealkylation sites (tertiary alicyclic amines) is 1. The van der Waals surface area contributed by atoms with Crippen molar-refractivity contribution < 1.29 is 13.6 Å². The highest BCUT2D eigenvalue weighted by Crippen LogP contribution is 2.22. The van der Waals surface area contributed by atoms with Crippen molar-refractivity contribution >= 4 is 17.0 Å². The van der Waals surface area contributed by atoms with Gasteiger partial charge in [0.05, 0.1) is 5.75 Å². The van der Waals surface area contributed by atoms with Crippen LogP contribution in [0, 0.1) is 5.92 Å². The number of hydrogen-bond donors (Lipinski definition) is 1. The van der Waals surface area contributed by atoms with Crippen LogP contribution in [0.15, 0.2) is 24.3 Å². The monoisotopic (exact) mass is 295 g/mol. The number of hydrogen-bond acceptors (Lipinski definition) is 2. The van der Waals surface area contributed by atoms with Gasteiger partial charge in [-0.15, -0.1) is 0 Å². The number of nitrogens with zero attached hydrogens (tertiary/aromatic N) is 1. The molecular weight excluding hydrogens is 274 g/mol. The lowest BCUT2D eigenvalue weighted by Crippen LogP contribution is -2.37. The highest BCUT2D eigenvalue weighted by Gasteiger charge is 2.20. The molecule has 0 spiro atoms. The van der Waals surface area contributed by atoms with Crippen LogP contribution in [-0.4, -0.2) is 32.7 Å². The molecule has 5 heteroatoms. The first-order valence-electron chi connectivity index (χ1n) is 6.95. The second-order valence-electron chi connectivity index (χ2n) is 5.44. The minimum atomic E-state index is -1.78. The van der Waals surface area contributed by atoms with Crippen molar-refractivity contribution in [3.05, 3.63) is 35.4 Å². The van der Waals surface area contributed by atoms with Gasteiger partial charge in [-0.05, 0) is 36.3 Å². The Morgan fingerprint density at radius 1 is 1.25 bits per heavy atom. The second kappa shape index (κ2) is 6.99. The van der Waals surface area contributed by atoms with E-state index in [1.807, 2.05) is 29.2 Å². The van der Waals surface area contributed by atoms with Crippen LogP contribution in [0.5, 0.6) is 0 Å². The molecule has 1 aliphatic heterocycles. The van der Waals surface area contributed by atoms with Gasteiger partial charge in [0.2, 0.25) is 5.91 Å². The molecule has 0 saturated carbocycles. The number of benzene rings is 1. The van der Waals surface area contributed by atoms with E-state index in [1.165, 1.54) is 5.56 Å². The molecule has 0 aliphatic carbocycles. The minimum absolute atomic E-state index is 0.171. The summed E-state index contributed by atoms with van der Waals surface area (Å²) in [5.74, 6) is 0.991. The Bertz CT molecular complexity index is 478. The Hall–Kier alpha value is -1.20. The first-order chi connectivity index (χ1) is 9.54. The van der Waals surface area contributed by atoms with E-state index < -0.39 is 11.1 Å². The first-order valence-corrected chi connectivity index (χ1v) is 8.23. The van der Waals surface area contributed by atoms with Crippen molar-refractivity contribution in [1.82, 2.24) is 4.90 Å². The van der Waals surface area contributed by atoms with E-state index in [-0.39, 0.29) is 11.7 Å². The van der Waals surface area contributed by atoms with Crippen LogP contribution >= 0.6 is 0 Å². The zero-order chi connectivity index (χ0) is 14.5. The fourth-order valence-electron chi connectivity index (χ4n) is 2.70. The lowest BCUT2D eigenvalue weighted by molar-refractivity contribution is -0.130. The van der Waals surface area contributed by atoms with Crippen molar-refractivity contribution in [2.45, 2.75) is 31.9 Å². The Labute approximate surface area is 122 Å². The number of carbonyl (C=O) groups excluding carboxylic acids is 1. The van der Waals surface area contributed by atoms with Gasteiger partial charge >= 0.3 is 0 Å². The summed E-state index contributed by atoms with van der Waals surface area (Å²) < 4.78 is 19.6. The molecule has 1 saturated heterocycles. The van der Waals surface area contributed by atoms with Crippen LogP contribution < -0.4 is 0 Å². The molecule has 1 atom stereocenters. The van der Waals surface area contributed by atoms with E-state index in [2.05, 4.69) is 0 Å². The Morgan fingerprint density at radius 3 is 2.30 bits per heavy atom. The van der Waals surface area contributed by atoms with Crippen LogP contribution in [0.1, 0.15) is 30.9 Å². The van der Waals surface area contributed by atoms with Gasteiger partial charge in [-0.1, -0.05) is 24.3 Å². The van der Waals surface area contributed by atoms with Crippen LogP contribution in [0.2, 0.25) is 0 Å². The fourth-order valence-corrected chi connectivity index (χ4v) is 3.18. The normalized spacial score (nSPS) is 18.0. The quantitative estimate of drug-likeness (QED) is 0.866. The third-order valence-electron chi connectivity index (χ3n) is 3.90. The maximum Gasteiger partial charge on any atom is 0.219 e. The SMILES string of the molecule is CC(=O)N1CCC(Cc2ccc(CS(=O)O)cc2)CC1. The van der Waals surface area contributed by atoms with Gasteiger partial charge in [0.25, 0.3) is 0 Å². The fraction of sp³-hybridized carbons (Fsp3) is 0.533. The smallest absolute Gasteiger partial charge is 0.219 e. The Kier molecular flexibility index (Phi) is 5.31. The second-order valence-corrected chi connectivity index (χ2v) is 6.37. The highest BCUT2D eigenvalue weighted by molar-refractivity contribution is 7.78. The Balaban J connectivity index is 1.85. The third-order valence-corrected chi connectivity index (χ3v) is 4.48. The minimum Gasteiger partial charge on any atom is -0.343 e. The molecule has 1 unspecified atom stereocenters. The number of carbonyl (C=O) groups is 1. The third kappa shape index (κ3) is 4.42. The molecule has 1 fully saturated rings. The molecule has 20 heavy (non-hydrogen) atoms. The summed E-state index contributed by atoms with van der Waals surface area (Å²) >= 11 is -1.78. The molecule has 1 aromatic carbocycles. The molecule has 0 aromatic heterocycles. The zero-order valence-electron chi connectivity index (χ0n) is 11.7. The topological polar surface area (TPSA) is 57.6 Å². The van der Waals surface area contributed by atoms with Crippen molar-refractivity contribution in [2.75, 3.05) is 13.1 Å². The summed E-state index contributed by atoms with van der Waals surface area (Å²) in [5, 5.41) is 0. The van der Waals surface area contributed by atoms with E-state index in [4.69, 9.17) is 4.55 Å². The summed E-state index contributed by atoms with van der Waals surface area (Å²) in [6, 6.07) is 7.93. The van der Waals surface area contributed by atoms with Gasteiger partial charge in [-0.2, -0.15) is 0 Å². The van der Waals surface area contributed by atoms with E-state index in [0.29, 0.717) is 5.92 Å². The van der Waals surface area contributed by atoms with Crippen LogP contribution in [0.25, 0.3) is 0 Å². The van der Waals surface area contributed by atoms with Gasteiger partial charge in [0.15, 0.2) is 11.1 Å². The van der Waals surface area contributed by atoms with Gasteiger partial charge in [0, 0.05) is 20.0 Å². The average molecular weight is 295 g/mol. The average Bonchev–Trinajstić information content (AvgIpc) is 2.41. The number of rotatable bonds is 4.